The lowest BCUT2D eigenvalue weighted by molar-refractivity contribution is -0.150. The van der Waals surface area contributed by atoms with E-state index in [0.717, 1.165) is 64.2 Å². The molecule has 0 aromatic heterocycles. The third-order valence-electron chi connectivity index (χ3n) is 10.4. The molecule has 52 heavy (non-hydrogen) atoms. The molecule has 0 aliphatic heterocycles. The predicted molar refractivity (Wildman–Crippen MR) is 222 cm³/mol. The third kappa shape index (κ3) is 40.9. The Kier molecular flexibility index (Phi) is 40.4. The van der Waals surface area contributed by atoms with Crippen LogP contribution in [0.5, 0.6) is 0 Å². The topological polar surface area (TPSA) is 92.7 Å². The second-order valence-electron chi connectivity index (χ2n) is 15.7. The minimum atomic E-state index is -1.01. The summed E-state index contributed by atoms with van der Waals surface area (Å²) in [7, 11) is 0. The van der Waals surface area contributed by atoms with Gasteiger partial charge in [0.15, 0.2) is 0 Å². The lowest BCUT2D eigenvalue weighted by Gasteiger charge is -2.18. The normalized spacial score (nSPS) is 12.0. The van der Waals surface area contributed by atoms with Gasteiger partial charge in [0.1, 0.15) is 12.6 Å². The van der Waals surface area contributed by atoms with Crippen molar-refractivity contribution in [1.82, 2.24) is 5.32 Å². The number of carboxylic acid groups (broad SMARTS) is 1. The summed E-state index contributed by atoms with van der Waals surface area (Å²) in [4.78, 5) is 35.1. The third-order valence-corrected chi connectivity index (χ3v) is 10.4. The van der Waals surface area contributed by atoms with Gasteiger partial charge < -0.3 is 15.2 Å². The Labute approximate surface area is 322 Å². The highest BCUT2D eigenvalue weighted by Gasteiger charge is 2.14. The number of amides is 1. The summed E-state index contributed by atoms with van der Waals surface area (Å²) < 4.78 is 6.04. The highest BCUT2D eigenvalue weighted by molar-refractivity contribution is 5.80. The first-order chi connectivity index (χ1) is 25.5. The van der Waals surface area contributed by atoms with Crippen molar-refractivity contribution in [2.45, 2.75) is 258 Å². The Morgan fingerprint density at radius 1 is 0.481 bits per heavy atom. The zero-order chi connectivity index (χ0) is 38.0. The second-order valence-corrected chi connectivity index (χ2v) is 15.7. The van der Waals surface area contributed by atoms with Crippen LogP contribution in [0.1, 0.15) is 251 Å². The zero-order valence-corrected chi connectivity index (χ0v) is 34.7. The van der Waals surface area contributed by atoms with Gasteiger partial charge in [0.2, 0.25) is 5.91 Å². The predicted octanol–water partition coefficient (Wildman–Crippen LogP) is 14.1. The van der Waals surface area contributed by atoms with Crippen LogP contribution in [0.4, 0.5) is 0 Å². The molecule has 1 amide bonds. The Morgan fingerprint density at radius 2 is 0.827 bits per heavy atom. The summed E-state index contributed by atoms with van der Waals surface area (Å²) in [6, 6.07) is 0. The van der Waals surface area contributed by atoms with E-state index in [-0.39, 0.29) is 24.5 Å². The molecule has 2 N–H and O–H groups in total. The van der Waals surface area contributed by atoms with E-state index in [1.807, 2.05) is 0 Å². The number of carboxylic acids is 1. The van der Waals surface area contributed by atoms with Gasteiger partial charge in [-0.2, -0.15) is 0 Å². The number of esters is 1. The van der Waals surface area contributed by atoms with E-state index in [1.54, 1.807) is 0 Å². The van der Waals surface area contributed by atoms with Crippen molar-refractivity contribution < 1.29 is 24.2 Å². The number of allylic oxidation sites excluding steroid dienone is 2. The first kappa shape index (κ1) is 50.1. The minimum absolute atomic E-state index is 0.0176. The molecule has 0 fully saturated rings. The van der Waals surface area contributed by atoms with Gasteiger partial charge in [0.25, 0.3) is 0 Å². The van der Waals surface area contributed by atoms with Crippen molar-refractivity contribution in [3.8, 4) is 0 Å². The fourth-order valence-electron chi connectivity index (χ4n) is 7.04. The number of rotatable bonds is 42. The molecule has 0 aliphatic carbocycles. The molecule has 0 aromatic rings. The lowest BCUT2D eigenvalue weighted by Crippen LogP contribution is -2.28. The summed E-state index contributed by atoms with van der Waals surface area (Å²) in [5.41, 5.74) is 0. The van der Waals surface area contributed by atoms with Crippen molar-refractivity contribution in [3.63, 3.8) is 0 Å². The van der Waals surface area contributed by atoms with Crippen LogP contribution in [0.25, 0.3) is 0 Å². The monoisotopic (exact) mass is 734 g/mol. The van der Waals surface area contributed by atoms with Gasteiger partial charge in [-0.3, -0.25) is 14.4 Å². The molecular formula is C46H87NO5. The number of carbonyl (C=O) groups is 3. The highest BCUT2D eigenvalue weighted by Crippen LogP contribution is 2.19. The standard InChI is InChI=1S/C46H87NO5/c1-3-5-7-9-11-13-15-17-19-20-22-24-26-28-33-37-41-46(51)52-43(39-35-31-29-32-36-40-44(48)47-42-45(49)50)38-34-30-27-25-23-21-18-16-14-12-10-8-6-4-2/h19-20,43H,3-18,21-42H2,1-2H3,(H,47,48)(H,49,50)/b20-19-. The lowest BCUT2D eigenvalue weighted by atomic mass is 10.0. The van der Waals surface area contributed by atoms with Gasteiger partial charge in [0, 0.05) is 12.8 Å². The maximum atomic E-state index is 12.8. The molecule has 0 rings (SSSR count). The maximum Gasteiger partial charge on any atom is 0.322 e. The minimum Gasteiger partial charge on any atom is -0.480 e. The van der Waals surface area contributed by atoms with Crippen LogP contribution in [0.15, 0.2) is 12.2 Å². The van der Waals surface area contributed by atoms with E-state index in [9.17, 15) is 14.4 Å². The molecule has 6 heteroatoms. The van der Waals surface area contributed by atoms with E-state index in [1.165, 1.54) is 161 Å². The Morgan fingerprint density at radius 3 is 1.23 bits per heavy atom. The van der Waals surface area contributed by atoms with Crippen molar-refractivity contribution >= 4 is 17.8 Å². The molecule has 0 bridgehead atoms. The molecule has 6 nitrogen and oxygen atoms in total. The van der Waals surface area contributed by atoms with Crippen molar-refractivity contribution in [1.29, 1.82) is 0 Å². The fraction of sp³-hybridized carbons (Fsp3) is 0.891. The van der Waals surface area contributed by atoms with Gasteiger partial charge >= 0.3 is 11.9 Å². The summed E-state index contributed by atoms with van der Waals surface area (Å²) in [6.45, 7) is 4.24. The smallest absolute Gasteiger partial charge is 0.322 e. The number of hydrogen-bond acceptors (Lipinski definition) is 4. The zero-order valence-electron chi connectivity index (χ0n) is 34.7. The average Bonchev–Trinajstić information content (AvgIpc) is 3.13. The molecular weight excluding hydrogens is 647 g/mol. The van der Waals surface area contributed by atoms with Crippen LogP contribution >= 0.6 is 0 Å². The van der Waals surface area contributed by atoms with Crippen molar-refractivity contribution in [2.24, 2.45) is 0 Å². The summed E-state index contributed by atoms with van der Waals surface area (Å²) in [5, 5.41) is 11.1. The van der Waals surface area contributed by atoms with E-state index in [4.69, 9.17) is 9.84 Å². The molecule has 0 radical (unpaired) electrons. The molecule has 0 aliphatic rings. The first-order valence-electron chi connectivity index (χ1n) is 22.8. The van der Waals surface area contributed by atoms with Crippen molar-refractivity contribution in [2.75, 3.05) is 6.54 Å². The molecule has 0 aromatic carbocycles. The SMILES string of the molecule is CCCCCCCCC/C=C\CCCCCCCC(=O)OC(CCCCCCCCCCCCCCCC)CCCCCCCC(=O)NCC(=O)O. The fourth-order valence-corrected chi connectivity index (χ4v) is 7.04. The van der Waals surface area contributed by atoms with E-state index >= 15 is 0 Å². The molecule has 0 spiro atoms. The van der Waals surface area contributed by atoms with Gasteiger partial charge in [-0.15, -0.1) is 0 Å². The Balaban J connectivity index is 4.14. The Bertz CT molecular complexity index is 813. The van der Waals surface area contributed by atoms with E-state index in [2.05, 4.69) is 31.3 Å². The number of aliphatic carboxylic acids is 1. The molecule has 0 saturated carbocycles. The summed E-state index contributed by atoms with van der Waals surface area (Å²) in [6.07, 6.45) is 49.1. The van der Waals surface area contributed by atoms with Gasteiger partial charge in [-0.25, -0.2) is 0 Å². The van der Waals surface area contributed by atoms with Crippen molar-refractivity contribution in [3.05, 3.63) is 12.2 Å². The number of hydrogen-bond donors (Lipinski definition) is 2. The number of ether oxygens (including phenoxy) is 1. The summed E-state index contributed by atoms with van der Waals surface area (Å²) in [5.74, 6) is -1.22. The van der Waals surface area contributed by atoms with Crippen LogP contribution < -0.4 is 5.32 Å². The van der Waals surface area contributed by atoms with Gasteiger partial charge in [0.05, 0.1) is 0 Å². The molecule has 0 heterocycles. The molecule has 306 valence electrons. The highest BCUT2D eigenvalue weighted by atomic mass is 16.5. The first-order valence-corrected chi connectivity index (χ1v) is 22.8. The molecule has 1 unspecified atom stereocenters. The quantitative estimate of drug-likeness (QED) is 0.0370. The average molecular weight is 734 g/mol. The van der Waals surface area contributed by atoms with E-state index < -0.39 is 5.97 Å². The van der Waals surface area contributed by atoms with Crippen LogP contribution in [0.3, 0.4) is 0 Å². The second kappa shape index (κ2) is 41.9. The Hall–Kier alpha value is -1.85. The van der Waals surface area contributed by atoms with Crippen LogP contribution in [-0.2, 0) is 19.1 Å². The largest absolute Gasteiger partial charge is 0.480 e. The molecule has 0 saturated heterocycles. The van der Waals surface area contributed by atoms with Gasteiger partial charge in [-0.1, -0.05) is 187 Å². The van der Waals surface area contributed by atoms with Crippen LogP contribution in [0, 0.1) is 0 Å². The molecule has 1 atom stereocenters. The van der Waals surface area contributed by atoms with Crippen LogP contribution in [-0.4, -0.2) is 35.6 Å². The van der Waals surface area contributed by atoms with Crippen LogP contribution in [0.2, 0.25) is 0 Å². The van der Waals surface area contributed by atoms with E-state index in [0.29, 0.717) is 12.8 Å². The summed E-state index contributed by atoms with van der Waals surface area (Å²) >= 11 is 0. The maximum absolute atomic E-state index is 12.8. The number of nitrogens with one attached hydrogen (secondary N) is 1. The number of carbonyl (C=O) groups excluding carboxylic acids is 2. The number of unbranched alkanes of at least 4 members (excludes halogenated alkanes) is 29. The van der Waals surface area contributed by atoms with Gasteiger partial charge in [-0.05, 0) is 64.2 Å².